The summed E-state index contributed by atoms with van der Waals surface area (Å²) in [6, 6.07) is 3.35. The highest BCUT2D eigenvalue weighted by molar-refractivity contribution is 5.77. The molecule has 5 nitrogen and oxygen atoms in total. The molecular weight excluding hydrogens is 210 g/mol. The molecule has 0 fully saturated rings. The highest BCUT2D eigenvalue weighted by atomic mass is 16.6. The van der Waals surface area contributed by atoms with E-state index in [4.69, 9.17) is 14.3 Å². The Kier molecular flexibility index (Phi) is 4.75. The van der Waals surface area contributed by atoms with Crippen LogP contribution in [0.5, 0.6) is 11.5 Å². The van der Waals surface area contributed by atoms with E-state index in [0.717, 1.165) is 11.8 Å². The van der Waals surface area contributed by atoms with E-state index in [0.29, 0.717) is 23.6 Å². The molecule has 0 aromatic heterocycles. The first-order valence-electron chi connectivity index (χ1n) is 4.72. The topological polar surface area (TPSA) is 56.8 Å². The Morgan fingerprint density at radius 3 is 2.50 bits per heavy atom. The fourth-order valence-electron chi connectivity index (χ4n) is 1.42. The summed E-state index contributed by atoms with van der Waals surface area (Å²) >= 11 is 0. The molecule has 88 valence electrons. The summed E-state index contributed by atoms with van der Waals surface area (Å²) in [5, 5.41) is 0. The number of hydrogen-bond donors (Lipinski definition) is 1. The maximum absolute atomic E-state index is 10.8. The molecule has 0 radical (unpaired) electrons. The fourth-order valence-corrected chi connectivity index (χ4v) is 1.42. The average Bonchev–Trinajstić information content (AvgIpc) is 2.34. The Balaban J connectivity index is 3.14. The van der Waals surface area contributed by atoms with Crippen molar-refractivity contribution in [3.05, 3.63) is 23.3 Å². The number of hydrogen-bond acceptors (Lipinski definition) is 5. The van der Waals surface area contributed by atoms with Crippen molar-refractivity contribution in [2.45, 2.75) is 6.54 Å². The van der Waals surface area contributed by atoms with Gasteiger partial charge in [-0.2, -0.15) is 5.48 Å². The molecule has 1 aromatic carbocycles. The van der Waals surface area contributed by atoms with E-state index >= 15 is 0 Å². The van der Waals surface area contributed by atoms with Crippen molar-refractivity contribution in [1.82, 2.24) is 5.48 Å². The van der Waals surface area contributed by atoms with E-state index < -0.39 is 0 Å². The van der Waals surface area contributed by atoms with Crippen LogP contribution >= 0.6 is 0 Å². The molecule has 0 aliphatic carbocycles. The van der Waals surface area contributed by atoms with Gasteiger partial charge in [0.1, 0.15) is 6.29 Å². The third kappa shape index (κ3) is 2.71. The summed E-state index contributed by atoms with van der Waals surface area (Å²) in [5.41, 5.74) is 4.02. The molecule has 0 saturated heterocycles. The van der Waals surface area contributed by atoms with Crippen molar-refractivity contribution in [3.63, 3.8) is 0 Å². The van der Waals surface area contributed by atoms with Crippen molar-refractivity contribution in [3.8, 4) is 11.5 Å². The number of benzene rings is 1. The first-order chi connectivity index (χ1) is 7.76. The molecule has 0 bridgehead atoms. The number of ether oxygens (including phenoxy) is 2. The van der Waals surface area contributed by atoms with E-state index in [1.165, 1.54) is 14.2 Å². The van der Waals surface area contributed by atoms with Crippen molar-refractivity contribution >= 4 is 6.29 Å². The Bertz CT molecular complexity index is 365. The third-order valence-corrected chi connectivity index (χ3v) is 2.12. The van der Waals surface area contributed by atoms with E-state index in [1.807, 2.05) is 0 Å². The summed E-state index contributed by atoms with van der Waals surface area (Å²) in [4.78, 5) is 15.5. The standard InChI is InChI=1S/C11H15NO4/c1-14-10-5-8(7-13)4-9(6-12-16-3)11(10)15-2/h4-5,7,12H,6H2,1-3H3. The van der Waals surface area contributed by atoms with Gasteiger partial charge >= 0.3 is 0 Å². The number of aldehydes is 1. The van der Waals surface area contributed by atoms with E-state index in [9.17, 15) is 4.79 Å². The number of nitrogens with one attached hydrogen (secondary N) is 1. The van der Waals surface area contributed by atoms with Gasteiger partial charge in [0.25, 0.3) is 0 Å². The van der Waals surface area contributed by atoms with Gasteiger partial charge in [0.2, 0.25) is 0 Å². The maximum atomic E-state index is 10.8. The Morgan fingerprint density at radius 2 is 2.00 bits per heavy atom. The Morgan fingerprint density at radius 1 is 1.25 bits per heavy atom. The van der Waals surface area contributed by atoms with E-state index in [-0.39, 0.29) is 0 Å². The minimum Gasteiger partial charge on any atom is -0.493 e. The van der Waals surface area contributed by atoms with Crippen molar-refractivity contribution in [1.29, 1.82) is 0 Å². The first-order valence-corrected chi connectivity index (χ1v) is 4.72. The number of rotatable bonds is 6. The Hall–Kier alpha value is -1.59. The summed E-state index contributed by atoms with van der Waals surface area (Å²) in [7, 11) is 4.60. The van der Waals surface area contributed by atoms with Gasteiger partial charge in [-0.15, -0.1) is 0 Å². The van der Waals surface area contributed by atoms with Crippen molar-refractivity contribution < 1.29 is 19.1 Å². The fraction of sp³-hybridized carbons (Fsp3) is 0.364. The summed E-state index contributed by atoms with van der Waals surface area (Å²) in [6.45, 7) is 0.428. The largest absolute Gasteiger partial charge is 0.493 e. The summed E-state index contributed by atoms with van der Waals surface area (Å²) in [5.74, 6) is 1.12. The monoisotopic (exact) mass is 225 g/mol. The molecule has 0 aliphatic rings. The van der Waals surface area contributed by atoms with Crippen LogP contribution in [-0.4, -0.2) is 27.6 Å². The molecule has 1 rings (SSSR count). The molecule has 0 aliphatic heterocycles. The minimum atomic E-state index is 0.428. The molecule has 0 saturated carbocycles. The molecule has 5 heteroatoms. The number of carbonyl (C=O) groups is 1. The molecule has 16 heavy (non-hydrogen) atoms. The van der Waals surface area contributed by atoms with Crippen molar-refractivity contribution in [2.75, 3.05) is 21.3 Å². The second kappa shape index (κ2) is 6.09. The maximum Gasteiger partial charge on any atom is 0.165 e. The molecule has 0 spiro atoms. The smallest absolute Gasteiger partial charge is 0.165 e. The second-order valence-corrected chi connectivity index (χ2v) is 3.06. The van der Waals surface area contributed by atoms with Crippen LogP contribution in [0.2, 0.25) is 0 Å². The van der Waals surface area contributed by atoms with Crippen LogP contribution in [0, 0.1) is 0 Å². The minimum absolute atomic E-state index is 0.428. The van der Waals surface area contributed by atoms with Crippen molar-refractivity contribution in [2.24, 2.45) is 0 Å². The zero-order valence-corrected chi connectivity index (χ0v) is 9.57. The molecule has 1 N–H and O–H groups in total. The molecule has 0 amide bonds. The lowest BCUT2D eigenvalue weighted by Gasteiger charge is -2.13. The van der Waals surface area contributed by atoms with Gasteiger partial charge in [0.15, 0.2) is 11.5 Å². The van der Waals surface area contributed by atoms with Crippen LogP contribution in [0.3, 0.4) is 0 Å². The van der Waals surface area contributed by atoms with E-state index in [1.54, 1.807) is 19.2 Å². The number of methoxy groups -OCH3 is 2. The predicted molar refractivity (Wildman–Crippen MR) is 58.8 cm³/mol. The van der Waals surface area contributed by atoms with Gasteiger partial charge in [-0.25, -0.2) is 0 Å². The highest BCUT2D eigenvalue weighted by Crippen LogP contribution is 2.32. The van der Waals surface area contributed by atoms with Crippen LogP contribution in [-0.2, 0) is 11.4 Å². The summed E-state index contributed by atoms with van der Waals surface area (Å²) < 4.78 is 10.4. The molecule has 1 aromatic rings. The predicted octanol–water partition coefficient (Wildman–Crippen LogP) is 1.17. The van der Waals surface area contributed by atoms with Crippen LogP contribution in [0.4, 0.5) is 0 Å². The molecule has 0 atom stereocenters. The molecule has 0 unspecified atom stereocenters. The average molecular weight is 225 g/mol. The second-order valence-electron chi connectivity index (χ2n) is 3.06. The lowest BCUT2D eigenvalue weighted by Crippen LogP contribution is -2.12. The van der Waals surface area contributed by atoms with Gasteiger partial charge in [0.05, 0.1) is 21.3 Å². The van der Waals surface area contributed by atoms with Gasteiger partial charge in [-0.05, 0) is 12.1 Å². The van der Waals surface area contributed by atoms with Gasteiger partial charge in [0, 0.05) is 17.7 Å². The Labute approximate surface area is 94.3 Å². The van der Waals surface area contributed by atoms with Crippen LogP contribution in [0.1, 0.15) is 15.9 Å². The zero-order chi connectivity index (χ0) is 12.0. The van der Waals surface area contributed by atoms with Gasteiger partial charge in [-0.1, -0.05) is 0 Å². The highest BCUT2D eigenvalue weighted by Gasteiger charge is 2.11. The molecule has 0 heterocycles. The number of hydroxylamine groups is 1. The van der Waals surface area contributed by atoms with Crippen LogP contribution in [0.15, 0.2) is 12.1 Å². The van der Waals surface area contributed by atoms with Gasteiger partial charge in [-0.3, -0.25) is 4.79 Å². The number of carbonyl (C=O) groups excluding carboxylic acids is 1. The normalized spacial score (nSPS) is 9.94. The molecular formula is C11H15NO4. The van der Waals surface area contributed by atoms with Crippen LogP contribution in [0.25, 0.3) is 0 Å². The quantitative estimate of drug-likeness (QED) is 0.581. The van der Waals surface area contributed by atoms with E-state index in [2.05, 4.69) is 5.48 Å². The van der Waals surface area contributed by atoms with Crippen LogP contribution < -0.4 is 15.0 Å². The summed E-state index contributed by atoms with van der Waals surface area (Å²) in [6.07, 6.45) is 0.762. The third-order valence-electron chi connectivity index (χ3n) is 2.12. The van der Waals surface area contributed by atoms with Gasteiger partial charge < -0.3 is 14.3 Å². The lowest BCUT2D eigenvalue weighted by molar-refractivity contribution is 0.0860. The first kappa shape index (κ1) is 12.5. The lowest BCUT2D eigenvalue weighted by atomic mass is 10.1. The zero-order valence-electron chi connectivity index (χ0n) is 9.57. The SMILES string of the molecule is CONCc1cc(C=O)cc(OC)c1OC.